The number of amides is 1. The highest BCUT2D eigenvalue weighted by Gasteiger charge is 2.08. The summed E-state index contributed by atoms with van der Waals surface area (Å²) in [5.74, 6) is 0.0327. The highest BCUT2D eigenvalue weighted by Crippen LogP contribution is 2.20. The molecule has 3 aromatic rings. The Morgan fingerprint density at radius 3 is 2.68 bits per heavy atom. The van der Waals surface area contributed by atoms with E-state index in [0.29, 0.717) is 13.0 Å². The Hall–Kier alpha value is -2.46. The van der Waals surface area contributed by atoms with E-state index in [2.05, 4.69) is 10.3 Å². The van der Waals surface area contributed by atoms with E-state index in [-0.39, 0.29) is 5.91 Å². The quantitative estimate of drug-likeness (QED) is 0.781. The predicted molar refractivity (Wildman–Crippen MR) is 89.5 cm³/mol. The average molecular weight is 308 g/mol. The first-order chi connectivity index (χ1) is 10.8. The van der Waals surface area contributed by atoms with Crippen LogP contribution in [0.3, 0.4) is 0 Å². The van der Waals surface area contributed by atoms with Crippen molar-refractivity contribution in [1.82, 2.24) is 10.3 Å². The summed E-state index contributed by atoms with van der Waals surface area (Å²) in [4.78, 5) is 17.5. The third-order valence-electron chi connectivity index (χ3n) is 3.33. The fraction of sp³-hybridized carbons (Fsp3) is 0.111. The lowest BCUT2D eigenvalue weighted by Gasteiger charge is -2.09. The Labute approximate surface area is 133 Å². The molecule has 110 valence electrons. The number of rotatable bonds is 5. The molecule has 1 amide bonds. The number of hydrogen-bond donors (Lipinski definition) is 1. The molecule has 2 heterocycles. The molecule has 0 radical (unpaired) electrons. The molecule has 0 aliphatic rings. The van der Waals surface area contributed by atoms with Gasteiger partial charge in [-0.25, -0.2) is 0 Å². The van der Waals surface area contributed by atoms with Gasteiger partial charge in [0.2, 0.25) is 5.91 Å². The molecule has 4 heteroatoms. The van der Waals surface area contributed by atoms with Crippen LogP contribution < -0.4 is 5.32 Å². The van der Waals surface area contributed by atoms with Gasteiger partial charge in [0.05, 0.1) is 12.1 Å². The summed E-state index contributed by atoms with van der Waals surface area (Å²) in [6, 6.07) is 17.8. The lowest BCUT2D eigenvalue weighted by atomic mass is 10.1. The molecular weight excluding hydrogens is 292 g/mol. The van der Waals surface area contributed by atoms with Crippen molar-refractivity contribution in [2.45, 2.75) is 13.0 Å². The van der Waals surface area contributed by atoms with E-state index in [1.165, 1.54) is 0 Å². The molecule has 0 bridgehead atoms. The van der Waals surface area contributed by atoms with Gasteiger partial charge >= 0.3 is 0 Å². The maximum Gasteiger partial charge on any atom is 0.225 e. The summed E-state index contributed by atoms with van der Waals surface area (Å²) < 4.78 is 0. The molecule has 0 unspecified atom stereocenters. The number of thiophene rings is 1. The third kappa shape index (κ3) is 3.59. The van der Waals surface area contributed by atoms with Gasteiger partial charge in [0.15, 0.2) is 0 Å². The van der Waals surface area contributed by atoms with E-state index >= 15 is 0 Å². The van der Waals surface area contributed by atoms with Crippen molar-refractivity contribution in [2.75, 3.05) is 0 Å². The monoisotopic (exact) mass is 308 g/mol. The van der Waals surface area contributed by atoms with Gasteiger partial charge in [0, 0.05) is 23.2 Å². The van der Waals surface area contributed by atoms with Gasteiger partial charge in [-0.2, -0.15) is 0 Å². The van der Waals surface area contributed by atoms with E-state index < -0.39 is 0 Å². The molecular formula is C18H16N2OS. The van der Waals surface area contributed by atoms with Crippen LogP contribution in [0, 0.1) is 0 Å². The number of benzene rings is 1. The molecule has 0 aliphatic carbocycles. The summed E-state index contributed by atoms with van der Waals surface area (Å²) in [5.41, 5.74) is 3.00. The number of pyridine rings is 1. The second-order valence-electron chi connectivity index (χ2n) is 4.91. The Balaban J connectivity index is 1.69. The number of carbonyl (C=O) groups excluding carboxylic acids is 1. The van der Waals surface area contributed by atoms with Gasteiger partial charge in [-0.05, 0) is 23.1 Å². The van der Waals surface area contributed by atoms with Gasteiger partial charge in [0.25, 0.3) is 0 Å². The van der Waals surface area contributed by atoms with Gasteiger partial charge in [-0.1, -0.05) is 42.5 Å². The fourth-order valence-corrected chi connectivity index (χ4v) is 2.97. The summed E-state index contributed by atoms with van der Waals surface area (Å²) in [5, 5.41) is 4.96. The molecule has 0 aliphatic heterocycles. The third-order valence-corrected chi connectivity index (χ3v) is 4.21. The number of aromatic nitrogens is 1. The lowest BCUT2D eigenvalue weighted by molar-refractivity contribution is -0.120. The zero-order valence-electron chi connectivity index (χ0n) is 12.0. The van der Waals surface area contributed by atoms with Crippen LogP contribution in [0.4, 0.5) is 0 Å². The van der Waals surface area contributed by atoms with Crippen molar-refractivity contribution in [2.24, 2.45) is 0 Å². The smallest absolute Gasteiger partial charge is 0.225 e. The minimum atomic E-state index is 0.0327. The van der Waals surface area contributed by atoms with Crippen LogP contribution in [-0.4, -0.2) is 10.9 Å². The van der Waals surface area contributed by atoms with Crippen LogP contribution in [0.15, 0.2) is 66.2 Å². The number of carbonyl (C=O) groups is 1. The minimum absolute atomic E-state index is 0.0327. The summed E-state index contributed by atoms with van der Waals surface area (Å²) >= 11 is 1.60. The molecule has 22 heavy (non-hydrogen) atoms. The summed E-state index contributed by atoms with van der Waals surface area (Å²) in [6.45, 7) is 0.488. The first-order valence-corrected chi connectivity index (χ1v) is 7.99. The van der Waals surface area contributed by atoms with E-state index in [0.717, 1.165) is 21.7 Å². The normalized spacial score (nSPS) is 10.4. The highest BCUT2D eigenvalue weighted by atomic mass is 32.1. The molecule has 0 saturated carbocycles. The minimum Gasteiger partial charge on any atom is -0.352 e. The standard InChI is InChI=1S/C18H16N2OS/c21-17(12-16-9-5-11-22-16)20-13-15-8-4-10-19-18(15)14-6-2-1-3-7-14/h1-11H,12-13H2,(H,20,21). The van der Waals surface area contributed by atoms with E-state index in [9.17, 15) is 4.79 Å². The summed E-state index contributed by atoms with van der Waals surface area (Å²) in [6.07, 6.45) is 2.21. The lowest BCUT2D eigenvalue weighted by Crippen LogP contribution is -2.24. The molecule has 3 nitrogen and oxygen atoms in total. The van der Waals surface area contributed by atoms with Crippen molar-refractivity contribution in [1.29, 1.82) is 0 Å². The van der Waals surface area contributed by atoms with Crippen LogP contribution in [0.5, 0.6) is 0 Å². The summed E-state index contributed by atoms with van der Waals surface area (Å²) in [7, 11) is 0. The van der Waals surface area contributed by atoms with E-state index in [1.807, 2.05) is 60.0 Å². The van der Waals surface area contributed by atoms with Crippen molar-refractivity contribution in [3.8, 4) is 11.3 Å². The highest BCUT2D eigenvalue weighted by molar-refractivity contribution is 7.10. The van der Waals surface area contributed by atoms with E-state index in [4.69, 9.17) is 0 Å². The number of nitrogens with zero attached hydrogens (tertiary/aromatic N) is 1. The first kappa shape index (κ1) is 14.5. The van der Waals surface area contributed by atoms with Gasteiger partial charge in [-0.15, -0.1) is 11.3 Å². The molecule has 0 spiro atoms. The molecule has 0 atom stereocenters. The number of nitrogens with one attached hydrogen (secondary N) is 1. The Bertz CT molecular complexity index is 739. The molecule has 0 saturated heterocycles. The molecule has 3 rings (SSSR count). The average Bonchev–Trinajstić information content (AvgIpc) is 3.07. The van der Waals surface area contributed by atoms with Gasteiger partial charge in [-0.3, -0.25) is 9.78 Å². The largest absolute Gasteiger partial charge is 0.352 e. The van der Waals surface area contributed by atoms with Crippen molar-refractivity contribution < 1.29 is 4.79 Å². The first-order valence-electron chi connectivity index (χ1n) is 7.11. The van der Waals surface area contributed by atoms with Crippen LogP contribution in [0.25, 0.3) is 11.3 Å². The van der Waals surface area contributed by atoms with Crippen LogP contribution in [0.2, 0.25) is 0 Å². The maximum atomic E-state index is 12.0. The Morgan fingerprint density at radius 2 is 1.91 bits per heavy atom. The van der Waals surface area contributed by atoms with Crippen molar-refractivity contribution in [3.63, 3.8) is 0 Å². The van der Waals surface area contributed by atoms with Crippen molar-refractivity contribution >= 4 is 17.2 Å². The van der Waals surface area contributed by atoms with Crippen LogP contribution in [0.1, 0.15) is 10.4 Å². The molecule has 2 aromatic heterocycles. The zero-order chi connectivity index (χ0) is 15.2. The maximum absolute atomic E-state index is 12.0. The molecule has 1 aromatic carbocycles. The van der Waals surface area contributed by atoms with Gasteiger partial charge in [0.1, 0.15) is 0 Å². The fourth-order valence-electron chi connectivity index (χ4n) is 2.26. The van der Waals surface area contributed by atoms with Gasteiger partial charge < -0.3 is 5.32 Å². The second-order valence-corrected chi connectivity index (χ2v) is 5.94. The molecule has 1 N–H and O–H groups in total. The van der Waals surface area contributed by atoms with E-state index in [1.54, 1.807) is 17.5 Å². The molecule has 0 fully saturated rings. The van der Waals surface area contributed by atoms with Crippen LogP contribution >= 0.6 is 11.3 Å². The van der Waals surface area contributed by atoms with Crippen molar-refractivity contribution in [3.05, 3.63) is 76.6 Å². The SMILES string of the molecule is O=C(Cc1cccs1)NCc1cccnc1-c1ccccc1. The Kier molecular flexibility index (Phi) is 4.61. The topological polar surface area (TPSA) is 42.0 Å². The number of hydrogen-bond acceptors (Lipinski definition) is 3. The zero-order valence-corrected chi connectivity index (χ0v) is 12.8. The predicted octanol–water partition coefficient (Wildman–Crippen LogP) is 3.67. The Morgan fingerprint density at radius 1 is 1.05 bits per heavy atom. The second kappa shape index (κ2) is 7.00. The van der Waals surface area contributed by atoms with Crippen LogP contribution in [-0.2, 0) is 17.8 Å².